The number of nitrogens with zero attached hydrogens (tertiary/aromatic N) is 3. The minimum absolute atomic E-state index is 0.0861. The van der Waals surface area contributed by atoms with Crippen LogP contribution in [0.2, 0.25) is 0 Å². The number of aryl methyl sites for hydroxylation is 1. The fourth-order valence-corrected chi connectivity index (χ4v) is 3.16. The second-order valence-electron chi connectivity index (χ2n) is 6.39. The minimum Gasteiger partial charge on any atom is -0.497 e. The van der Waals surface area contributed by atoms with Gasteiger partial charge in [-0.15, -0.1) is 0 Å². The third-order valence-corrected chi connectivity index (χ3v) is 4.63. The van der Waals surface area contributed by atoms with E-state index in [0.29, 0.717) is 30.3 Å². The molecule has 8 nitrogen and oxygen atoms in total. The van der Waals surface area contributed by atoms with Crippen LogP contribution in [-0.2, 0) is 16.1 Å². The van der Waals surface area contributed by atoms with Gasteiger partial charge in [-0.2, -0.15) is 0 Å². The van der Waals surface area contributed by atoms with E-state index < -0.39 is 0 Å². The lowest BCUT2D eigenvalue weighted by Gasteiger charge is -2.20. The summed E-state index contributed by atoms with van der Waals surface area (Å²) in [6, 6.07) is 5.28. The van der Waals surface area contributed by atoms with Crippen molar-refractivity contribution in [1.29, 1.82) is 0 Å². The highest BCUT2D eigenvalue weighted by Gasteiger charge is 2.36. The Morgan fingerprint density at radius 1 is 1.33 bits per heavy atom. The monoisotopic (exact) mass is 372 g/mol. The van der Waals surface area contributed by atoms with Crippen molar-refractivity contribution in [3.8, 4) is 11.5 Å². The Kier molecular flexibility index (Phi) is 5.95. The van der Waals surface area contributed by atoms with Crippen molar-refractivity contribution in [2.75, 3.05) is 32.2 Å². The zero-order valence-electron chi connectivity index (χ0n) is 15.6. The van der Waals surface area contributed by atoms with Crippen molar-refractivity contribution in [3.05, 3.63) is 36.9 Å². The molecular formula is C19H24N4O4. The Bertz CT molecular complexity index is 791. The van der Waals surface area contributed by atoms with Gasteiger partial charge in [-0.05, 0) is 18.6 Å². The quantitative estimate of drug-likeness (QED) is 0.709. The van der Waals surface area contributed by atoms with Gasteiger partial charge >= 0.3 is 0 Å². The number of anilines is 1. The van der Waals surface area contributed by atoms with E-state index in [-0.39, 0.29) is 24.2 Å². The first-order valence-electron chi connectivity index (χ1n) is 8.88. The Morgan fingerprint density at radius 2 is 2.19 bits per heavy atom. The maximum atomic E-state index is 12.4. The predicted molar refractivity (Wildman–Crippen MR) is 99.9 cm³/mol. The number of ether oxygens (including phenoxy) is 2. The first-order valence-corrected chi connectivity index (χ1v) is 8.88. The third kappa shape index (κ3) is 4.39. The number of amides is 2. The molecule has 1 N–H and O–H groups in total. The van der Waals surface area contributed by atoms with Crippen LogP contribution in [0.1, 0.15) is 12.8 Å². The van der Waals surface area contributed by atoms with E-state index in [1.54, 1.807) is 49.8 Å². The molecule has 1 saturated heterocycles. The Labute approximate surface area is 158 Å². The number of methoxy groups -OCH3 is 2. The highest BCUT2D eigenvalue weighted by Crippen LogP contribution is 2.35. The molecule has 0 unspecified atom stereocenters. The van der Waals surface area contributed by atoms with E-state index in [9.17, 15) is 9.59 Å². The number of hydrogen-bond donors (Lipinski definition) is 1. The molecule has 144 valence electrons. The van der Waals surface area contributed by atoms with Crippen molar-refractivity contribution in [2.24, 2.45) is 5.92 Å². The van der Waals surface area contributed by atoms with Crippen LogP contribution in [0.4, 0.5) is 5.69 Å². The molecule has 1 atom stereocenters. The van der Waals surface area contributed by atoms with Crippen molar-refractivity contribution >= 4 is 17.5 Å². The summed E-state index contributed by atoms with van der Waals surface area (Å²) in [7, 11) is 3.12. The Hall–Kier alpha value is -3.03. The number of aromatic nitrogens is 2. The number of benzene rings is 1. The lowest BCUT2D eigenvalue weighted by molar-refractivity contribution is -0.126. The summed E-state index contributed by atoms with van der Waals surface area (Å²) in [5.74, 6) is 0.650. The maximum absolute atomic E-state index is 12.4. The van der Waals surface area contributed by atoms with Crippen LogP contribution in [0.15, 0.2) is 36.9 Å². The zero-order chi connectivity index (χ0) is 19.2. The Morgan fingerprint density at radius 3 is 2.89 bits per heavy atom. The fourth-order valence-electron chi connectivity index (χ4n) is 3.16. The van der Waals surface area contributed by atoms with Gasteiger partial charge in [0.1, 0.15) is 11.5 Å². The van der Waals surface area contributed by atoms with Crippen molar-refractivity contribution in [2.45, 2.75) is 19.4 Å². The zero-order valence-corrected chi connectivity index (χ0v) is 15.6. The molecule has 27 heavy (non-hydrogen) atoms. The van der Waals surface area contributed by atoms with E-state index in [0.717, 1.165) is 13.0 Å². The van der Waals surface area contributed by atoms with E-state index in [1.165, 1.54) is 0 Å². The highest BCUT2D eigenvalue weighted by atomic mass is 16.5. The van der Waals surface area contributed by atoms with Crippen LogP contribution in [0.5, 0.6) is 11.5 Å². The molecule has 1 fully saturated rings. The summed E-state index contributed by atoms with van der Waals surface area (Å²) in [5, 5.41) is 2.92. The van der Waals surface area contributed by atoms with Crippen LogP contribution in [0, 0.1) is 5.92 Å². The third-order valence-electron chi connectivity index (χ3n) is 4.63. The summed E-state index contributed by atoms with van der Waals surface area (Å²) in [4.78, 5) is 30.5. The van der Waals surface area contributed by atoms with Crippen LogP contribution < -0.4 is 19.7 Å². The van der Waals surface area contributed by atoms with Gasteiger partial charge in [-0.1, -0.05) is 0 Å². The van der Waals surface area contributed by atoms with Gasteiger partial charge in [0.15, 0.2) is 0 Å². The molecule has 3 rings (SSSR count). The lowest BCUT2D eigenvalue weighted by Crippen LogP contribution is -2.33. The summed E-state index contributed by atoms with van der Waals surface area (Å²) in [5.41, 5.74) is 0.652. The smallest absolute Gasteiger partial charge is 0.227 e. The molecule has 0 radical (unpaired) electrons. The maximum Gasteiger partial charge on any atom is 0.227 e. The van der Waals surface area contributed by atoms with E-state index in [4.69, 9.17) is 9.47 Å². The number of nitrogens with one attached hydrogen (secondary N) is 1. The average Bonchev–Trinajstić information content (AvgIpc) is 3.34. The number of hydrogen-bond acceptors (Lipinski definition) is 5. The van der Waals surface area contributed by atoms with Gasteiger partial charge in [-0.25, -0.2) is 4.98 Å². The van der Waals surface area contributed by atoms with Gasteiger partial charge in [0.2, 0.25) is 11.8 Å². The van der Waals surface area contributed by atoms with Crippen LogP contribution in [-0.4, -0.2) is 48.7 Å². The molecule has 2 aromatic rings. The second kappa shape index (κ2) is 8.57. The highest BCUT2D eigenvalue weighted by molar-refractivity contribution is 6.01. The molecule has 1 aromatic carbocycles. The van der Waals surface area contributed by atoms with Gasteiger partial charge in [0.25, 0.3) is 0 Å². The average molecular weight is 372 g/mol. The number of rotatable bonds is 8. The number of imidazole rings is 1. The molecule has 8 heteroatoms. The molecule has 0 saturated carbocycles. The van der Waals surface area contributed by atoms with Crippen LogP contribution >= 0.6 is 0 Å². The standard InChI is InChI=1S/C19H24N4O4/c1-26-15-4-5-16(17(11-15)27-2)23-12-14(10-18(23)24)19(25)21-6-3-8-22-9-7-20-13-22/h4-5,7,9,11,13-14H,3,6,8,10,12H2,1-2H3,(H,21,25)/t14-/m0/s1. The first-order chi connectivity index (χ1) is 13.1. The largest absolute Gasteiger partial charge is 0.497 e. The second-order valence-corrected chi connectivity index (χ2v) is 6.39. The van der Waals surface area contributed by atoms with Gasteiger partial charge in [0, 0.05) is 44.5 Å². The van der Waals surface area contributed by atoms with E-state index in [1.807, 2.05) is 10.8 Å². The summed E-state index contributed by atoms with van der Waals surface area (Å²) in [6.07, 6.45) is 6.36. The van der Waals surface area contributed by atoms with Crippen LogP contribution in [0.25, 0.3) is 0 Å². The van der Waals surface area contributed by atoms with Crippen molar-refractivity contribution in [1.82, 2.24) is 14.9 Å². The molecule has 2 amide bonds. The molecule has 2 heterocycles. The van der Waals surface area contributed by atoms with Gasteiger partial charge < -0.3 is 24.3 Å². The molecular weight excluding hydrogens is 348 g/mol. The molecule has 0 aliphatic carbocycles. The summed E-state index contributed by atoms with van der Waals surface area (Å²) >= 11 is 0. The Balaban J connectivity index is 1.56. The lowest BCUT2D eigenvalue weighted by atomic mass is 10.1. The van der Waals surface area contributed by atoms with Crippen LogP contribution in [0.3, 0.4) is 0 Å². The predicted octanol–water partition coefficient (Wildman–Crippen LogP) is 1.46. The molecule has 1 aliphatic heterocycles. The van der Waals surface area contributed by atoms with Gasteiger partial charge in [0.05, 0.1) is 32.2 Å². The number of carbonyl (C=O) groups is 2. The molecule has 1 aromatic heterocycles. The van der Waals surface area contributed by atoms with E-state index in [2.05, 4.69) is 10.3 Å². The first kappa shape index (κ1) is 18.8. The minimum atomic E-state index is -0.363. The van der Waals surface area contributed by atoms with Crippen molar-refractivity contribution < 1.29 is 19.1 Å². The molecule has 0 bridgehead atoms. The SMILES string of the molecule is COc1ccc(N2C[C@@H](C(=O)NCCCn3ccnc3)CC2=O)c(OC)c1. The summed E-state index contributed by atoms with van der Waals surface area (Å²) < 4.78 is 12.5. The topological polar surface area (TPSA) is 85.7 Å². The molecule has 0 spiro atoms. The van der Waals surface area contributed by atoms with E-state index >= 15 is 0 Å². The number of carbonyl (C=O) groups excluding carboxylic acids is 2. The fraction of sp³-hybridized carbons (Fsp3) is 0.421. The normalized spacial score (nSPS) is 16.4. The molecule has 1 aliphatic rings. The summed E-state index contributed by atoms with van der Waals surface area (Å²) in [6.45, 7) is 1.70. The van der Waals surface area contributed by atoms with Crippen molar-refractivity contribution in [3.63, 3.8) is 0 Å². The van der Waals surface area contributed by atoms with Gasteiger partial charge in [-0.3, -0.25) is 9.59 Å².